The van der Waals surface area contributed by atoms with Crippen molar-refractivity contribution in [1.82, 2.24) is 9.38 Å². The van der Waals surface area contributed by atoms with Gasteiger partial charge in [-0.05, 0) is 25.0 Å². The van der Waals surface area contributed by atoms with E-state index in [2.05, 4.69) is 4.98 Å². The summed E-state index contributed by atoms with van der Waals surface area (Å²) in [5.41, 5.74) is 5.37. The average molecular weight is 241 g/mol. The zero-order chi connectivity index (χ0) is 12.3. The topological polar surface area (TPSA) is 43.3 Å². The van der Waals surface area contributed by atoms with E-state index in [0.717, 1.165) is 25.1 Å². The molecule has 0 amide bonds. The predicted octanol–water partition coefficient (Wildman–Crippen LogP) is 2.30. The predicted molar refractivity (Wildman–Crippen MR) is 55.3 cm³/mol. The number of imidazole rings is 1. The smallest absolute Gasteiger partial charge is 0.319 e. The molecule has 1 aliphatic rings. The van der Waals surface area contributed by atoms with E-state index in [-0.39, 0.29) is 0 Å². The van der Waals surface area contributed by atoms with Crippen molar-refractivity contribution in [3.8, 4) is 0 Å². The molecule has 2 aromatic rings. The number of fused-ring (bicyclic) bond motifs is 1. The fraction of sp³-hybridized carbons (Fsp3) is 0.364. The molecule has 1 fully saturated rings. The van der Waals surface area contributed by atoms with Crippen LogP contribution < -0.4 is 5.73 Å². The lowest BCUT2D eigenvalue weighted by molar-refractivity contribution is -0.137. The first kappa shape index (κ1) is 10.6. The maximum absolute atomic E-state index is 12.6. The number of alkyl halides is 3. The molecule has 17 heavy (non-hydrogen) atoms. The van der Waals surface area contributed by atoms with Crippen molar-refractivity contribution in [2.24, 2.45) is 5.73 Å². The van der Waals surface area contributed by atoms with E-state index in [1.54, 1.807) is 6.20 Å². The molecule has 3 nitrogen and oxygen atoms in total. The molecule has 1 saturated carbocycles. The van der Waals surface area contributed by atoms with Gasteiger partial charge in [-0.15, -0.1) is 0 Å². The van der Waals surface area contributed by atoms with Gasteiger partial charge in [0.2, 0.25) is 0 Å². The third-order valence-electron chi connectivity index (χ3n) is 3.09. The van der Waals surface area contributed by atoms with Crippen LogP contribution in [-0.4, -0.2) is 9.38 Å². The second kappa shape index (κ2) is 3.01. The van der Waals surface area contributed by atoms with E-state index in [9.17, 15) is 13.2 Å². The van der Waals surface area contributed by atoms with Gasteiger partial charge in [-0.25, -0.2) is 4.98 Å². The van der Waals surface area contributed by atoms with Crippen LogP contribution in [-0.2, 0) is 11.7 Å². The molecule has 0 aromatic carbocycles. The summed E-state index contributed by atoms with van der Waals surface area (Å²) in [6, 6.07) is 2.46. The lowest BCUT2D eigenvalue weighted by atomic mass is 10.2. The minimum atomic E-state index is -4.35. The number of hydrogen-bond acceptors (Lipinski definition) is 2. The van der Waals surface area contributed by atoms with Gasteiger partial charge in [-0.1, -0.05) is 0 Å². The summed E-state index contributed by atoms with van der Waals surface area (Å²) >= 11 is 0. The van der Waals surface area contributed by atoms with Gasteiger partial charge in [0.1, 0.15) is 5.82 Å². The fourth-order valence-corrected chi connectivity index (χ4v) is 1.88. The first-order chi connectivity index (χ1) is 7.90. The SMILES string of the molecule is NC1(c2ncc3ccc(C(F)(F)F)cn23)CC1. The molecule has 6 heteroatoms. The molecule has 0 radical (unpaired) electrons. The van der Waals surface area contributed by atoms with Crippen molar-refractivity contribution in [2.45, 2.75) is 24.6 Å². The molecule has 2 aromatic heterocycles. The molecule has 3 rings (SSSR count). The molecule has 0 unspecified atom stereocenters. The molecule has 2 N–H and O–H groups in total. The molecule has 0 bridgehead atoms. The molecule has 0 spiro atoms. The Morgan fingerprint density at radius 2 is 2.00 bits per heavy atom. The second-order valence-corrected chi connectivity index (χ2v) is 4.45. The second-order valence-electron chi connectivity index (χ2n) is 4.45. The monoisotopic (exact) mass is 241 g/mol. The molecule has 0 saturated heterocycles. The molecular formula is C11H10F3N3. The van der Waals surface area contributed by atoms with Crippen LogP contribution in [0.15, 0.2) is 24.5 Å². The van der Waals surface area contributed by atoms with Crippen LogP contribution in [0.25, 0.3) is 5.52 Å². The summed E-state index contributed by atoms with van der Waals surface area (Å²) in [6.07, 6.45) is -0.210. The van der Waals surface area contributed by atoms with Crippen LogP contribution in [0.2, 0.25) is 0 Å². The Morgan fingerprint density at radius 3 is 2.59 bits per heavy atom. The zero-order valence-electron chi connectivity index (χ0n) is 8.83. The van der Waals surface area contributed by atoms with E-state index < -0.39 is 17.3 Å². The van der Waals surface area contributed by atoms with Crippen molar-refractivity contribution in [1.29, 1.82) is 0 Å². The number of nitrogens with zero attached hydrogens (tertiary/aromatic N) is 2. The summed E-state index contributed by atoms with van der Waals surface area (Å²) in [7, 11) is 0. The van der Waals surface area contributed by atoms with Crippen LogP contribution in [0.3, 0.4) is 0 Å². The van der Waals surface area contributed by atoms with Gasteiger partial charge in [-0.3, -0.25) is 0 Å². The molecule has 2 heterocycles. The highest BCUT2D eigenvalue weighted by Crippen LogP contribution is 2.42. The van der Waals surface area contributed by atoms with Gasteiger partial charge < -0.3 is 10.1 Å². The molecule has 90 valence electrons. The number of aromatic nitrogens is 2. The van der Waals surface area contributed by atoms with Crippen LogP contribution in [0.1, 0.15) is 24.2 Å². The van der Waals surface area contributed by atoms with Crippen LogP contribution in [0.4, 0.5) is 13.2 Å². The molecule has 0 aliphatic heterocycles. The number of rotatable bonds is 1. The normalized spacial score (nSPS) is 18.6. The first-order valence-electron chi connectivity index (χ1n) is 5.24. The third-order valence-corrected chi connectivity index (χ3v) is 3.09. The maximum atomic E-state index is 12.6. The van der Waals surface area contributed by atoms with Crippen LogP contribution >= 0.6 is 0 Å². The first-order valence-corrected chi connectivity index (χ1v) is 5.24. The van der Waals surface area contributed by atoms with E-state index in [1.165, 1.54) is 10.5 Å². The van der Waals surface area contributed by atoms with E-state index in [4.69, 9.17) is 5.73 Å². The summed E-state index contributed by atoms with van der Waals surface area (Å²) < 4.78 is 39.2. The average Bonchev–Trinajstić information content (AvgIpc) is 2.85. The van der Waals surface area contributed by atoms with Gasteiger partial charge in [0.05, 0.1) is 22.8 Å². The summed E-state index contributed by atoms with van der Waals surface area (Å²) in [4.78, 5) is 4.12. The lowest BCUT2D eigenvalue weighted by Gasteiger charge is -2.10. The highest BCUT2D eigenvalue weighted by molar-refractivity contribution is 5.48. The third kappa shape index (κ3) is 1.59. The van der Waals surface area contributed by atoms with Gasteiger partial charge in [0.25, 0.3) is 0 Å². The highest BCUT2D eigenvalue weighted by atomic mass is 19.4. The Balaban J connectivity index is 2.20. The zero-order valence-corrected chi connectivity index (χ0v) is 8.83. The van der Waals surface area contributed by atoms with Crippen LogP contribution in [0.5, 0.6) is 0 Å². The van der Waals surface area contributed by atoms with Crippen molar-refractivity contribution < 1.29 is 13.2 Å². The summed E-state index contributed by atoms with van der Waals surface area (Å²) in [5, 5.41) is 0. The Hall–Kier alpha value is -1.56. The van der Waals surface area contributed by atoms with Crippen molar-refractivity contribution in [3.05, 3.63) is 35.9 Å². The maximum Gasteiger partial charge on any atom is 0.417 e. The van der Waals surface area contributed by atoms with Gasteiger partial charge >= 0.3 is 6.18 Å². The minimum Gasteiger partial charge on any atom is -0.319 e. The molecule has 0 atom stereocenters. The molecular weight excluding hydrogens is 231 g/mol. The van der Waals surface area contributed by atoms with Crippen molar-refractivity contribution in [3.63, 3.8) is 0 Å². The standard InChI is InChI=1S/C11H10F3N3/c12-11(13,14)7-1-2-8-5-16-9(17(8)6-7)10(15)3-4-10/h1-2,5-6H,3-4,15H2. The minimum absolute atomic E-state index is 0.513. The Kier molecular flexibility index (Phi) is 1.87. The number of halogens is 3. The number of hydrogen-bond donors (Lipinski definition) is 1. The highest BCUT2D eigenvalue weighted by Gasteiger charge is 2.44. The van der Waals surface area contributed by atoms with E-state index >= 15 is 0 Å². The summed E-state index contributed by atoms with van der Waals surface area (Å²) in [6.45, 7) is 0. The molecule has 1 aliphatic carbocycles. The lowest BCUT2D eigenvalue weighted by Crippen LogP contribution is -2.22. The Bertz CT molecular complexity index is 581. The van der Waals surface area contributed by atoms with Crippen molar-refractivity contribution >= 4 is 5.52 Å². The largest absolute Gasteiger partial charge is 0.417 e. The van der Waals surface area contributed by atoms with Gasteiger partial charge in [-0.2, -0.15) is 13.2 Å². The van der Waals surface area contributed by atoms with E-state index in [1.807, 2.05) is 0 Å². The van der Waals surface area contributed by atoms with Gasteiger partial charge in [0.15, 0.2) is 0 Å². The fourth-order valence-electron chi connectivity index (χ4n) is 1.88. The summed E-state index contributed by atoms with van der Waals surface area (Å²) in [5.74, 6) is 0.513. The number of pyridine rings is 1. The van der Waals surface area contributed by atoms with Crippen LogP contribution in [0, 0.1) is 0 Å². The quantitative estimate of drug-likeness (QED) is 0.832. The van der Waals surface area contributed by atoms with Gasteiger partial charge in [0, 0.05) is 6.20 Å². The Morgan fingerprint density at radius 1 is 1.29 bits per heavy atom. The van der Waals surface area contributed by atoms with Crippen molar-refractivity contribution in [2.75, 3.05) is 0 Å². The number of nitrogens with two attached hydrogens (primary N) is 1. The Labute approximate surface area is 95.1 Å². The van der Waals surface area contributed by atoms with E-state index in [0.29, 0.717) is 11.3 Å².